The summed E-state index contributed by atoms with van der Waals surface area (Å²) in [7, 11) is 1.56. The molecule has 0 bridgehead atoms. The average Bonchev–Trinajstić information content (AvgIpc) is 3.54. The second-order valence-corrected chi connectivity index (χ2v) is 8.21. The van der Waals surface area contributed by atoms with Crippen molar-refractivity contribution in [3.05, 3.63) is 94.8 Å². The maximum atomic E-state index is 13.3. The van der Waals surface area contributed by atoms with Gasteiger partial charge in [0.15, 0.2) is 5.76 Å². The van der Waals surface area contributed by atoms with Crippen LogP contribution in [0.2, 0.25) is 0 Å². The number of fused-ring (bicyclic) bond motifs is 1. The summed E-state index contributed by atoms with van der Waals surface area (Å²) >= 11 is 0. The fourth-order valence-corrected chi connectivity index (χ4v) is 4.42. The topological polar surface area (TPSA) is 97.3 Å². The van der Waals surface area contributed by atoms with E-state index in [1.54, 1.807) is 43.5 Å². The molecule has 0 spiro atoms. The van der Waals surface area contributed by atoms with Crippen molar-refractivity contribution in [2.24, 2.45) is 0 Å². The number of furan rings is 1. The molecule has 1 aliphatic heterocycles. The maximum Gasteiger partial charge on any atom is 0.296 e. The first-order valence-corrected chi connectivity index (χ1v) is 10.8. The van der Waals surface area contributed by atoms with Gasteiger partial charge in [-0.05, 0) is 55.3 Å². The van der Waals surface area contributed by atoms with Gasteiger partial charge in [0.05, 0.1) is 37.2 Å². The van der Waals surface area contributed by atoms with E-state index in [2.05, 4.69) is 4.98 Å². The van der Waals surface area contributed by atoms with Crippen LogP contribution in [0.4, 0.5) is 0 Å². The first-order valence-electron chi connectivity index (χ1n) is 10.8. The third-order valence-electron chi connectivity index (χ3n) is 6.19. The molecular formula is C26H23N3O5. The molecule has 1 atom stereocenters. The van der Waals surface area contributed by atoms with Crippen molar-refractivity contribution in [1.29, 1.82) is 0 Å². The second-order valence-electron chi connectivity index (χ2n) is 8.21. The molecule has 1 saturated heterocycles. The number of ketones is 1. The number of rotatable bonds is 5. The van der Waals surface area contributed by atoms with Gasteiger partial charge < -0.3 is 23.6 Å². The molecule has 1 aromatic carbocycles. The summed E-state index contributed by atoms with van der Waals surface area (Å²) in [6.07, 6.45) is 3.36. The predicted octanol–water partition coefficient (Wildman–Crippen LogP) is 4.17. The molecule has 8 nitrogen and oxygen atoms in total. The minimum atomic E-state index is -0.818. The third kappa shape index (κ3) is 3.35. The van der Waals surface area contributed by atoms with Gasteiger partial charge in [-0.3, -0.25) is 9.59 Å². The van der Waals surface area contributed by atoms with Gasteiger partial charge in [-0.2, -0.15) is 0 Å². The van der Waals surface area contributed by atoms with Crippen LogP contribution in [-0.2, 0) is 16.1 Å². The van der Waals surface area contributed by atoms with Crippen molar-refractivity contribution in [2.75, 3.05) is 7.11 Å². The summed E-state index contributed by atoms with van der Waals surface area (Å²) in [5.74, 6) is -0.616. The summed E-state index contributed by atoms with van der Waals surface area (Å²) in [5.41, 5.74) is 3.18. The first kappa shape index (κ1) is 21.5. The fraction of sp³-hybridized carbons (Fsp3) is 0.192. The lowest BCUT2D eigenvalue weighted by Crippen LogP contribution is -2.29. The lowest BCUT2D eigenvalue weighted by atomic mass is 9.96. The molecule has 5 rings (SSSR count). The van der Waals surface area contributed by atoms with E-state index < -0.39 is 17.7 Å². The Labute approximate surface area is 195 Å². The van der Waals surface area contributed by atoms with Gasteiger partial charge in [-0.15, -0.1) is 0 Å². The molecule has 4 heterocycles. The molecular weight excluding hydrogens is 434 g/mol. The Balaban J connectivity index is 1.70. The Kier molecular flexibility index (Phi) is 5.20. The quantitative estimate of drug-likeness (QED) is 0.274. The molecule has 1 amide bonds. The third-order valence-corrected chi connectivity index (χ3v) is 6.19. The van der Waals surface area contributed by atoms with E-state index in [1.807, 2.05) is 36.6 Å². The van der Waals surface area contributed by atoms with Crippen molar-refractivity contribution >= 4 is 23.1 Å². The van der Waals surface area contributed by atoms with Crippen molar-refractivity contribution in [3.63, 3.8) is 0 Å². The molecule has 0 saturated carbocycles. The Bertz CT molecular complexity index is 1430. The molecule has 172 valence electrons. The zero-order valence-electron chi connectivity index (χ0n) is 19.0. The van der Waals surface area contributed by atoms with E-state index in [1.165, 1.54) is 11.2 Å². The molecule has 1 aliphatic rings. The number of carbonyl (C=O) groups is 2. The minimum absolute atomic E-state index is 0.00844. The molecule has 34 heavy (non-hydrogen) atoms. The molecule has 3 aromatic heterocycles. The highest BCUT2D eigenvalue weighted by Gasteiger charge is 2.46. The number of aryl methyl sites for hydroxylation is 2. The van der Waals surface area contributed by atoms with Crippen LogP contribution < -0.4 is 4.74 Å². The summed E-state index contributed by atoms with van der Waals surface area (Å²) in [6, 6.07) is 13.5. The van der Waals surface area contributed by atoms with Crippen LogP contribution in [0.15, 0.2) is 71.0 Å². The van der Waals surface area contributed by atoms with Crippen molar-refractivity contribution in [1.82, 2.24) is 14.3 Å². The minimum Gasteiger partial charge on any atom is -0.505 e. The van der Waals surface area contributed by atoms with Gasteiger partial charge >= 0.3 is 0 Å². The van der Waals surface area contributed by atoms with Crippen molar-refractivity contribution in [3.8, 4) is 5.75 Å². The number of nitrogens with zero attached hydrogens (tertiary/aromatic N) is 3. The molecule has 0 aliphatic carbocycles. The highest BCUT2D eigenvalue weighted by molar-refractivity contribution is 6.46. The molecule has 0 radical (unpaired) electrons. The Hall–Kier alpha value is -4.33. The Morgan fingerprint density at radius 2 is 1.88 bits per heavy atom. The normalized spacial score (nSPS) is 17.6. The van der Waals surface area contributed by atoms with E-state index in [9.17, 15) is 14.7 Å². The maximum absolute atomic E-state index is 13.3. The van der Waals surface area contributed by atoms with Gasteiger partial charge in [0.25, 0.3) is 11.7 Å². The number of aromatic nitrogens is 2. The smallest absolute Gasteiger partial charge is 0.296 e. The molecule has 1 N–H and O–H groups in total. The number of amides is 1. The van der Waals surface area contributed by atoms with Crippen molar-refractivity contribution < 1.29 is 23.8 Å². The zero-order chi connectivity index (χ0) is 24.0. The van der Waals surface area contributed by atoms with Gasteiger partial charge in [-0.1, -0.05) is 18.2 Å². The highest BCUT2D eigenvalue weighted by atomic mass is 16.5. The lowest BCUT2D eigenvalue weighted by Gasteiger charge is -2.24. The van der Waals surface area contributed by atoms with E-state index in [4.69, 9.17) is 9.15 Å². The summed E-state index contributed by atoms with van der Waals surface area (Å²) in [6.45, 7) is 3.81. The molecule has 1 unspecified atom stereocenters. The number of hydrogen-bond donors (Lipinski definition) is 1. The molecule has 8 heteroatoms. The van der Waals surface area contributed by atoms with Crippen LogP contribution >= 0.6 is 0 Å². The van der Waals surface area contributed by atoms with E-state index in [0.717, 1.165) is 5.56 Å². The van der Waals surface area contributed by atoms with Gasteiger partial charge in [0, 0.05) is 6.20 Å². The summed E-state index contributed by atoms with van der Waals surface area (Å²) in [4.78, 5) is 32.4. The number of Topliss-reactive ketones (excluding diaryl/α,β-unsaturated/α-hetero) is 1. The van der Waals surface area contributed by atoms with Gasteiger partial charge in [0.1, 0.15) is 22.9 Å². The standard InChI is InChI=1S/C26H23N3O5/c1-15-6-4-12-28-16(2)21(27-25(15)28)23(30)20-22(17-8-10-18(33-3)11-9-17)29(26(32)24(20)31)14-19-7-5-13-34-19/h4-13,22,30H,14H2,1-3H3/b23-20+. The lowest BCUT2D eigenvalue weighted by molar-refractivity contribution is -0.140. The number of methoxy groups -OCH3 is 1. The number of ether oxygens (including phenoxy) is 1. The van der Waals surface area contributed by atoms with Gasteiger partial charge in [-0.25, -0.2) is 4.98 Å². The van der Waals surface area contributed by atoms with E-state index in [-0.39, 0.29) is 23.6 Å². The number of carbonyl (C=O) groups excluding carboxylic acids is 2. The first-order chi connectivity index (χ1) is 16.4. The van der Waals surface area contributed by atoms with Crippen LogP contribution in [0.5, 0.6) is 5.75 Å². The number of imidazole rings is 1. The number of likely N-dealkylation sites (tertiary alicyclic amines) is 1. The van der Waals surface area contributed by atoms with Gasteiger partial charge in [0.2, 0.25) is 0 Å². The number of pyridine rings is 1. The number of aliphatic hydroxyl groups excluding tert-OH is 1. The largest absolute Gasteiger partial charge is 0.505 e. The average molecular weight is 457 g/mol. The number of benzene rings is 1. The van der Waals surface area contributed by atoms with Crippen LogP contribution in [0.3, 0.4) is 0 Å². The predicted molar refractivity (Wildman–Crippen MR) is 124 cm³/mol. The fourth-order valence-electron chi connectivity index (χ4n) is 4.42. The van der Waals surface area contributed by atoms with Crippen LogP contribution in [-0.4, -0.2) is 38.2 Å². The Morgan fingerprint density at radius 3 is 2.53 bits per heavy atom. The van der Waals surface area contributed by atoms with Crippen molar-refractivity contribution in [2.45, 2.75) is 26.4 Å². The van der Waals surface area contributed by atoms with Crippen LogP contribution in [0.25, 0.3) is 11.4 Å². The van der Waals surface area contributed by atoms with Crippen LogP contribution in [0.1, 0.15) is 34.3 Å². The Morgan fingerprint density at radius 1 is 1.12 bits per heavy atom. The molecule has 1 fully saturated rings. The van der Waals surface area contributed by atoms with E-state index >= 15 is 0 Å². The SMILES string of the molecule is COc1ccc(C2/C(=C(\O)c3nc4c(C)cccn4c3C)C(=O)C(=O)N2Cc2ccco2)cc1. The number of aliphatic hydroxyl groups is 1. The highest BCUT2D eigenvalue weighted by Crippen LogP contribution is 2.41. The molecule has 4 aromatic rings. The number of hydrogen-bond acceptors (Lipinski definition) is 6. The summed E-state index contributed by atoms with van der Waals surface area (Å²) < 4.78 is 12.5. The van der Waals surface area contributed by atoms with E-state index in [0.29, 0.717) is 28.4 Å². The zero-order valence-corrected chi connectivity index (χ0v) is 19.0. The monoisotopic (exact) mass is 457 g/mol. The second kappa shape index (κ2) is 8.22. The van der Waals surface area contributed by atoms with Crippen LogP contribution in [0, 0.1) is 13.8 Å². The summed E-state index contributed by atoms with van der Waals surface area (Å²) in [5, 5.41) is 11.4.